The molecule has 0 radical (unpaired) electrons. The van der Waals surface area contributed by atoms with Crippen LogP contribution in [0.5, 0.6) is 0 Å². The largest absolute Gasteiger partial charge is 0.478 e. The summed E-state index contributed by atoms with van der Waals surface area (Å²) in [5.74, 6) is 0.399. The van der Waals surface area contributed by atoms with E-state index in [1.165, 1.54) is 5.56 Å². The second-order valence-corrected chi connectivity index (χ2v) is 5.26. The number of amides is 1. The Hall–Kier alpha value is -1.36. The average molecular weight is 310 g/mol. The summed E-state index contributed by atoms with van der Waals surface area (Å²) in [6, 6.07) is 5.97. The van der Waals surface area contributed by atoms with Crippen molar-refractivity contribution in [3.63, 3.8) is 0 Å². The molecule has 94 valence electrons. The van der Waals surface area contributed by atoms with Crippen molar-refractivity contribution in [3.8, 4) is 0 Å². The van der Waals surface area contributed by atoms with Crippen LogP contribution in [0.4, 0.5) is 4.79 Å². The average Bonchev–Trinajstić information content (AvgIpc) is 2.83. The molecule has 2 aliphatic rings. The molecule has 0 saturated heterocycles. The lowest BCUT2D eigenvalue weighted by atomic mass is 9.96. The maximum atomic E-state index is 11.5. The number of aliphatic imine (C=N–C) groups is 1. The number of nitrogens with zero attached hydrogens (tertiary/aromatic N) is 1. The predicted molar refractivity (Wildman–Crippen MR) is 69.7 cm³/mol. The molecule has 1 amide bonds. The van der Waals surface area contributed by atoms with Gasteiger partial charge in [0, 0.05) is 16.5 Å². The number of hydrogen-bond acceptors (Lipinski definition) is 3. The van der Waals surface area contributed by atoms with Gasteiger partial charge in [-0.3, -0.25) is 0 Å². The molecule has 1 aliphatic heterocycles. The van der Waals surface area contributed by atoms with Crippen LogP contribution in [0.3, 0.4) is 0 Å². The Kier molecular flexibility index (Phi) is 2.66. The van der Waals surface area contributed by atoms with Crippen LogP contribution in [-0.4, -0.2) is 18.6 Å². The fourth-order valence-corrected chi connectivity index (χ4v) is 3.02. The highest BCUT2D eigenvalue weighted by molar-refractivity contribution is 9.10. The zero-order chi connectivity index (χ0) is 12.8. The first-order valence-corrected chi connectivity index (χ1v) is 6.69. The maximum Gasteiger partial charge on any atom is 0.438 e. The summed E-state index contributed by atoms with van der Waals surface area (Å²) < 4.78 is 12.0. The first kappa shape index (κ1) is 11.7. The standard InChI is InChI=1S/C13H12BrNO3/c1-2-17-11-13(18-12(16)15-11)6-5-8-7-9(14)3-4-10(8)13/h3-4,7H,2,5-6H2,1H3. The number of hydrogen-bond donors (Lipinski definition) is 0. The van der Waals surface area contributed by atoms with Gasteiger partial charge in [-0.2, -0.15) is 0 Å². The quantitative estimate of drug-likeness (QED) is 0.800. The summed E-state index contributed by atoms with van der Waals surface area (Å²) >= 11 is 3.45. The molecular formula is C13H12BrNO3. The number of benzene rings is 1. The molecular weight excluding hydrogens is 298 g/mol. The minimum atomic E-state index is -0.789. The van der Waals surface area contributed by atoms with Crippen molar-refractivity contribution < 1.29 is 14.3 Å². The van der Waals surface area contributed by atoms with Crippen molar-refractivity contribution in [1.82, 2.24) is 0 Å². The normalized spacial score (nSPS) is 25.0. The van der Waals surface area contributed by atoms with Gasteiger partial charge in [-0.15, -0.1) is 4.99 Å². The first-order chi connectivity index (χ1) is 8.65. The van der Waals surface area contributed by atoms with E-state index >= 15 is 0 Å². The van der Waals surface area contributed by atoms with Gasteiger partial charge in [0.05, 0.1) is 6.61 Å². The van der Waals surface area contributed by atoms with Gasteiger partial charge in [-0.1, -0.05) is 22.0 Å². The lowest BCUT2D eigenvalue weighted by Gasteiger charge is -2.24. The molecule has 18 heavy (non-hydrogen) atoms. The minimum absolute atomic E-state index is 0.399. The molecule has 0 N–H and O–H groups in total. The fourth-order valence-electron chi connectivity index (χ4n) is 2.61. The van der Waals surface area contributed by atoms with Crippen LogP contribution in [-0.2, 0) is 21.5 Å². The van der Waals surface area contributed by atoms with Crippen molar-refractivity contribution in [2.45, 2.75) is 25.4 Å². The Morgan fingerprint density at radius 3 is 3.17 bits per heavy atom. The summed E-state index contributed by atoms with van der Waals surface area (Å²) in [5, 5.41) is 0. The van der Waals surface area contributed by atoms with Crippen LogP contribution in [0.2, 0.25) is 0 Å². The summed E-state index contributed by atoms with van der Waals surface area (Å²) in [7, 11) is 0. The Bertz CT molecular complexity index is 555. The van der Waals surface area contributed by atoms with Crippen LogP contribution >= 0.6 is 15.9 Å². The van der Waals surface area contributed by atoms with Gasteiger partial charge >= 0.3 is 6.09 Å². The van der Waals surface area contributed by atoms with Gasteiger partial charge < -0.3 is 9.47 Å². The van der Waals surface area contributed by atoms with Crippen molar-refractivity contribution >= 4 is 27.9 Å². The summed E-state index contributed by atoms with van der Waals surface area (Å²) in [6.45, 7) is 2.35. The molecule has 1 aliphatic carbocycles. The number of carbonyl (C=O) groups excluding carboxylic acids is 1. The highest BCUT2D eigenvalue weighted by Gasteiger charge is 2.52. The van der Waals surface area contributed by atoms with Crippen LogP contribution in [0.25, 0.3) is 0 Å². The van der Waals surface area contributed by atoms with E-state index in [4.69, 9.17) is 9.47 Å². The van der Waals surface area contributed by atoms with Crippen molar-refractivity contribution in [2.75, 3.05) is 6.61 Å². The van der Waals surface area contributed by atoms with Crippen LogP contribution in [0, 0.1) is 0 Å². The molecule has 4 nitrogen and oxygen atoms in total. The topological polar surface area (TPSA) is 47.9 Å². The van der Waals surface area contributed by atoms with Crippen molar-refractivity contribution in [3.05, 3.63) is 33.8 Å². The van der Waals surface area contributed by atoms with Crippen molar-refractivity contribution in [2.24, 2.45) is 4.99 Å². The molecule has 1 aromatic carbocycles. The van der Waals surface area contributed by atoms with Gasteiger partial charge in [0.2, 0.25) is 11.5 Å². The van der Waals surface area contributed by atoms with E-state index < -0.39 is 11.7 Å². The molecule has 3 rings (SSSR count). The molecule has 0 fully saturated rings. The zero-order valence-electron chi connectivity index (χ0n) is 9.90. The smallest absolute Gasteiger partial charge is 0.438 e. The number of aryl methyl sites for hydroxylation is 1. The molecule has 0 aromatic heterocycles. The lowest BCUT2D eigenvalue weighted by Crippen LogP contribution is -2.34. The van der Waals surface area contributed by atoms with Gasteiger partial charge in [0.25, 0.3) is 0 Å². The molecule has 0 saturated carbocycles. The van der Waals surface area contributed by atoms with Crippen LogP contribution in [0.1, 0.15) is 24.5 Å². The predicted octanol–water partition coefficient (Wildman–Crippen LogP) is 3.18. The molecule has 1 unspecified atom stereocenters. The summed E-state index contributed by atoms with van der Waals surface area (Å²) in [5.41, 5.74) is 1.37. The molecule has 1 heterocycles. The summed E-state index contributed by atoms with van der Waals surface area (Å²) in [4.78, 5) is 15.3. The summed E-state index contributed by atoms with van der Waals surface area (Å²) in [6.07, 6.45) is 0.992. The molecule has 1 spiro atoms. The van der Waals surface area contributed by atoms with Crippen LogP contribution in [0.15, 0.2) is 27.7 Å². The second-order valence-electron chi connectivity index (χ2n) is 4.35. The second kappa shape index (κ2) is 4.09. The molecule has 0 bridgehead atoms. The third-order valence-electron chi connectivity index (χ3n) is 3.33. The lowest BCUT2D eigenvalue weighted by molar-refractivity contribution is 0.0658. The highest BCUT2D eigenvalue weighted by atomic mass is 79.9. The number of ether oxygens (including phenoxy) is 2. The number of rotatable bonds is 1. The Labute approximate surface area is 113 Å². The van der Waals surface area contributed by atoms with E-state index in [-0.39, 0.29) is 0 Å². The van der Waals surface area contributed by atoms with E-state index in [0.717, 1.165) is 16.5 Å². The van der Waals surface area contributed by atoms with E-state index in [1.807, 2.05) is 19.1 Å². The third kappa shape index (κ3) is 1.57. The third-order valence-corrected chi connectivity index (χ3v) is 3.82. The molecule has 5 heteroatoms. The fraction of sp³-hybridized carbons (Fsp3) is 0.385. The van der Waals surface area contributed by atoms with Gasteiger partial charge in [0.1, 0.15) is 0 Å². The van der Waals surface area contributed by atoms with E-state index in [2.05, 4.69) is 27.0 Å². The number of fused-ring (bicyclic) bond motifs is 2. The van der Waals surface area contributed by atoms with Gasteiger partial charge in [0.15, 0.2) is 0 Å². The van der Waals surface area contributed by atoms with E-state index in [1.54, 1.807) is 0 Å². The minimum Gasteiger partial charge on any atom is -0.478 e. The monoisotopic (exact) mass is 309 g/mol. The van der Waals surface area contributed by atoms with E-state index in [0.29, 0.717) is 18.9 Å². The van der Waals surface area contributed by atoms with Crippen LogP contribution < -0.4 is 0 Å². The SMILES string of the molecule is CCOC1=NC(=O)OC12CCc1cc(Br)ccc12. The van der Waals surface area contributed by atoms with Crippen molar-refractivity contribution in [1.29, 1.82) is 0 Å². The first-order valence-electron chi connectivity index (χ1n) is 5.89. The van der Waals surface area contributed by atoms with Gasteiger partial charge in [-0.25, -0.2) is 4.79 Å². The zero-order valence-corrected chi connectivity index (χ0v) is 11.5. The number of halogens is 1. The molecule has 1 aromatic rings. The Morgan fingerprint density at radius 1 is 1.56 bits per heavy atom. The highest BCUT2D eigenvalue weighted by Crippen LogP contribution is 2.45. The molecule has 1 atom stereocenters. The van der Waals surface area contributed by atoms with Gasteiger partial charge in [-0.05, 0) is 31.0 Å². The Balaban J connectivity index is 2.09. The Morgan fingerprint density at radius 2 is 2.39 bits per heavy atom. The maximum absolute atomic E-state index is 11.5. The number of carbonyl (C=O) groups is 1. The van der Waals surface area contributed by atoms with E-state index in [9.17, 15) is 4.79 Å².